The van der Waals surface area contributed by atoms with E-state index in [-0.39, 0.29) is 15.4 Å². The molecule has 0 spiro atoms. The van der Waals surface area contributed by atoms with Gasteiger partial charge in [-0.05, 0) is 29.2 Å². The van der Waals surface area contributed by atoms with Crippen LogP contribution < -0.4 is 10.0 Å². The normalized spacial score (nSPS) is 11.6. The molecule has 0 aliphatic rings. The second-order valence-electron chi connectivity index (χ2n) is 5.69. The summed E-state index contributed by atoms with van der Waals surface area (Å²) in [5.41, 5.74) is 1.19. The molecule has 0 saturated carbocycles. The highest BCUT2D eigenvalue weighted by Crippen LogP contribution is 2.21. The molecule has 136 valence electrons. The minimum Gasteiger partial charge on any atom is -0.301 e. The lowest BCUT2D eigenvalue weighted by Crippen LogP contribution is -2.25. The Morgan fingerprint density at radius 1 is 1.12 bits per heavy atom. The minimum atomic E-state index is -3.73. The highest BCUT2D eigenvalue weighted by atomic mass is 32.2. The first kappa shape index (κ1) is 18.4. The molecule has 26 heavy (non-hydrogen) atoms. The van der Waals surface area contributed by atoms with Gasteiger partial charge in [-0.25, -0.2) is 13.1 Å². The number of fused-ring (bicyclic) bond motifs is 1. The van der Waals surface area contributed by atoms with Gasteiger partial charge in [-0.3, -0.25) is 4.79 Å². The summed E-state index contributed by atoms with van der Waals surface area (Å²) in [6, 6.07) is 14.2. The molecule has 1 heterocycles. The van der Waals surface area contributed by atoms with Gasteiger partial charge in [-0.1, -0.05) is 53.8 Å². The van der Waals surface area contributed by atoms with Gasteiger partial charge in [0.05, 0.1) is 0 Å². The number of rotatable bonds is 7. The van der Waals surface area contributed by atoms with E-state index in [0.717, 1.165) is 17.8 Å². The summed E-state index contributed by atoms with van der Waals surface area (Å²) in [4.78, 5) is 11.0. The molecule has 0 aliphatic carbocycles. The molecule has 9 heteroatoms. The Morgan fingerprint density at radius 3 is 2.69 bits per heavy atom. The fourth-order valence-electron chi connectivity index (χ4n) is 2.58. The van der Waals surface area contributed by atoms with E-state index in [1.165, 1.54) is 23.3 Å². The molecule has 2 aromatic carbocycles. The number of aromatic nitrogens is 2. The van der Waals surface area contributed by atoms with Crippen LogP contribution in [-0.2, 0) is 21.2 Å². The molecule has 0 aliphatic heterocycles. The van der Waals surface area contributed by atoms with Gasteiger partial charge in [0.2, 0.25) is 15.4 Å². The predicted molar refractivity (Wildman–Crippen MR) is 102 cm³/mol. The summed E-state index contributed by atoms with van der Waals surface area (Å²) < 4.78 is 26.8. The molecule has 3 rings (SSSR count). The zero-order valence-corrected chi connectivity index (χ0v) is 15.7. The number of nitrogens with one attached hydrogen (secondary N) is 2. The minimum absolute atomic E-state index is 0.161. The molecule has 0 fully saturated rings. The molecule has 0 unspecified atom stereocenters. The molecule has 2 N–H and O–H groups in total. The zero-order chi connectivity index (χ0) is 18.6. The van der Waals surface area contributed by atoms with Crippen LogP contribution in [0.2, 0.25) is 0 Å². The van der Waals surface area contributed by atoms with Gasteiger partial charge in [0.1, 0.15) is 0 Å². The van der Waals surface area contributed by atoms with Gasteiger partial charge in [0.15, 0.2) is 0 Å². The monoisotopic (exact) mass is 390 g/mol. The lowest BCUT2D eigenvalue weighted by atomic mass is 10.0. The van der Waals surface area contributed by atoms with E-state index in [1.54, 1.807) is 0 Å². The lowest BCUT2D eigenvalue weighted by molar-refractivity contribution is -0.114. The maximum Gasteiger partial charge on any atom is 0.269 e. The summed E-state index contributed by atoms with van der Waals surface area (Å²) in [7, 11) is -3.73. The van der Waals surface area contributed by atoms with Crippen molar-refractivity contribution >= 4 is 43.2 Å². The van der Waals surface area contributed by atoms with Crippen molar-refractivity contribution in [2.75, 3.05) is 11.9 Å². The van der Waals surface area contributed by atoms with Gasteiger partial charge >= 0.3 is 0 Å². The molecule has 0 radical (unpaired) electrons. The molecular weight excluding hydrogens is 372 g/mol. The summed E-state index contributed by atoms with van der Waals surface area (Å²) in [5.74, 6) is -0.326. The largest absolute Gasteiger partial charge is 0.301 e. The van der Waals surface area contributed by atoms with E-state index in [9.17, 15) is 13.2 Å². The van der Waals surface area contributed by atoms with Gasteiger partial charge in [-0.2, -0.15) is 0 Å². The van der Waals surface area contributed by atoms with E-state index >= 15 is 0 Å². The Kier molecular flexibility index (Phi) is 5.60. The quantitative estimate of drug-likeness (QED) is 0.477. The highest BCUT2D eigenvalue weighted by Gasteiger charge is 2.20. The lowest BCUT2D eigenvalue weighted by Gasteiger charge is -2.07. The van der Waals surface area contributed by atoms with Crippen molar-refractivity contribution in [1.82, 2.24) is 14.9 Å². The van der Waals surface area contributed by atoms with Crippen LogP contribution in [0, 0.1) is 0 Å². The zero-order valence-electron chi connectivity index (χ0n) is 14.1. The summed E-state index contributed by atoms with van der Waals surface area (Å²) in [6.45, 7) is 1.61. The second-order valence-corrected chi connectivity index (χ2v) is 8.61. The number of carbonyl (C=O) groups excluding carboxylic acids is 1. The molecule has 0 bridgehead atoms. The van der Waals surface area contributed by atoms with Crippen LogP contribution in [0.15, 0.2) is 46.8 Å². The van der Waals surface area contributed by atoms with E-state index < -0.39 is 10.0 Å². The van der Waals surface area contributed by atoms with Crippen LogP contribution in [-0.4, -0.2) is 31.1 Å². The molecule has 1 aromatic heterocycles. The van der Waals surface area contributed by atoms with Gasteiger partial charge in [0.25, 0.3) is 10.0 Å². The number of aryl methyl sites for hydroxylation is 1. The molecule has 0 atom stereocenters. The molecule has 0 saturated heterocycles. The SMILES string of the molecule is CC(=O)Nc1nnc(S(=O)(=O)NCCCc2cccc3ccccc23)s1. The van der Waals surface area contributed by atoms with Crippen molar-refractivity contribution in [1.29, 1.82) is 0 Å². The molecule has 1 amide bonds. The third-order valence-corrected chi connectivity index (χ3v) is 6.38. The molecule has 7 nitrogen and oxygen atoms in total. The third kappa shape index (κ3) is 4.43. The Balaban J connectivity index is 1.58. The van der Waals surface area contributed by atoms with Gasteiger partial charge in [0, 0.05) is 13.5 Å². The van der Waals surface area contributed by atoms with E-state index in [1.807, 2.05) is 18.2 Å². The number of carbonyl (C=O) groups is 1. The van der Waals surface area contributed by atoms with Crippen molar-refractivity contribution in [2.24, 2.45) is 0 Å². The van der Waals surface area contributed by atoms with E-state index in [2.05, 4.69) is 44.5 Å². The number of sulfonamides is 1. The first-order chi connectivity index (χ1) is 12.5. The van der Waals surface area contributed by atoms with Crippen LogP contribution in [0.4, 0.5) is 5.13 Å². The Hall–Kier alpha value is -2.36. The second kappa shape index (κ2) is 7.90. The maximum absolute atomic E-state index is 12.2. The van der Waals surface area contributed by atoms with Gasteiger partial charge in [-0.15, -0.1) is 10.2 Å². The van der Waals surface area contributed by atoms with E-state index in [4.69, 9.17) is 0 Å². The molecular formula is C17H18N4O3S2. The number of amides is 1. The van der Waals surface area contributed by atoms with Crippen LogP contribution in [0.25, 0.3) is 10.8 Å². The number of anilines is 1. The Labute approximate surface area is 155 Å². The Bertz CT molecular complexity index is 1030. The van der Waals surface area contributed by atoms with Crippen molar-refractivity contribution in [3.05, 3.63) is 48.0 Å². The van der Waals surface area contributed by atoms with Crippen LogP contribution in [0.1, 0.15) is 18.9 Å². The highest BCUT2D eigenvalue weighted by molar-refractivity contribution is 7.91. The number of nitrogens with zero attached hydrogens (tertiary/aromatic N) is 2. The number of hydrogen-bond acceptors (Lipinski definition) is 6. The predicted octanol–water partition coefficient (Wildman–Crippen LogP) is 2.56. The number of hydrogen-bond donors (Lipinski definition) is 2. The Morgan fingerprint density at radius 2 is 1.88 bits per heavy atom. The van der Waals surface area contributed by atoms with Crippen LogP contribution >= 0.6 is 11.3 Å². The standard InChI is InChI=1S/C17H18N4O3S2/c1-12(22)19-16-20-21-17(25-16)26(23,24)18-11-5-9-14-8-4-7-13-6-2-3-10-15(13)14/h2-4,6-8,10,18H,5,9,11H2,1H3,(H,19,20,22). The van der Waals surface area contributed by atoms with Crippen molar-refractivity contribution < 1.29 is 13.2 Å². The molecule has 3 aromatic rings. The average molecular weight is 390 g/mol. The fourth-order valence-corrected chi connectivity index (χ4v) is 4.64. The summed E-state index contributed by atoms with van der Waals surface area (Å²) in [6.07, 6.45) is 1.42. The van der Waals surface area contributed by atoms with Crippen molar-refractivity contribution in [2.45, 2.75) is 24.1 Å². The average Bonchev–Trinajstić information content (AvgIpc) is 3.07. The summed E-state index contributed by atoms with van der Waals surface area (Å²) >= 11 is 0.820. The third-order valence-electron chi connectivity index (χ3n) is 3.71. The number of benzene rings is 2. The fraction of sp³-hybridized carbons (Fsp3) is 0.235. The first-order valence-corrected chi connectivity index (χ1v) is 10.3. The summed E-state index contributed by atoms with van der Waals surface area (Å²) in [5, 5.41) is 12.2. The van der Waals surface area contributed by atoms with Crippen LogP contribution in [0.3, 0.4) is 0 Å². The first-order valence-electron chi connectivity index (χ1n) is 8.03. The van der Waals surface area contributed by atoms with Crippen LogP contribution in [0.5, 0.6) is 0 Å². The smallest absolute Gasteiger partial charge is 0.269 e. The topological polar surface area (TPSA) is 101 Å². The van der Waals surface area contributed by atoms with Gasteiger partial charge < -0.3 is 5.32 Å². The van der Waals surface area contributed by atoms with Crippen molar-refractivity contribution in [3.8, 4) is 0 Å². The maximum atomic E-state index is 12.2. The van der Waals surface area contributed by atoms with E-state index in [0.29, 0.717) is 13.0 Å². The van der Waals surface area contributed by atoms with Crippen molar-refractivity contribution in [3.63, 3.8) is 0 Å².